The SMILES string of the molecule is O=C(Cc1c[nH]c2ccccc12)N1CC[C@H](Oc2ncc(F)cn2)C1. The zero-order chi connectivity index (χ0) is 17.2. The predicted molar refractivity (Wildman–Crippen MR) is 89.6 cm³/mol. The Morgan fingerprint density at radius 3 is 2.96 bits per heavy atom. The number of H-pyrrole nitrogens is 1. The molecule has 25 heavy (non-hydrogen) atoms. The third-order valence-corrected chi connectivity index (χ3v) is 4.38. The van der Waals surface area contributed by atoms with Gasteiger partial charge < -0.3 is 14.6 Å². The third kappa shape index (κ3) is 3.31. The number of fused-ring (bicyclic) bond motifs is 1. The highest BCUT2D eigenvalue weighted by molar-refractivity contribution is 5.89. The van der Waals surface area contributed by atoms with E-state index in [0.717, 1.165) is 28.9 Å². The van der Waals surface area contributed by atoms with Gasteiger partial charge in [-0.25, -0.2) is 14.4 Å². The number of nitrogens with zero attached hydrogens (tertiary/aromatic N) is 3. The molecule has 128 valence electrons. The van der Waals surface area contributed by atoms with Crippen molar-refractivity contribution in [3.63, 3.8) is 0 Å². The Bertz CT molecular complexity index is 893. The van der Waals surface area contributed by atoms with Gasteiger partial charge in [-0.1, -0.05) is 18.2 Å². The molecular weight excluding hydrogens is 323 g/mol. The predicted octanol–water partition coefficient (Wildman–Crippen LogP) is 2.32. The molecule has 1 saturated heterocycles. The second kappa shape index (κ2) is 6.51. The summed E-state index contributed by atoms with van der Waals surface area (Å²) in [7, 11) is 0. The molecule has 0 unspecified atom stereocenters. The van der Waals surface area contributed by atoms with Gasteiger partial charge in [-0.05, 0) is 11.6 Å². The summed E-state index contributed by atoms with van der Waals surface area (Å²) in [5.41, 5.74) is 2.02. The minimum atomic E-state index is -0.505. The van der Waals surface area contributed by atoms with Crippen LogP contribution in [0.2, 0.25) is 0 Å². The second-order valence-electron chi connectivity index (χ2n) is 6.09. The first-order valence-electron chi connectivity index (χ1n) is 8.16. The Kier molecular flexibility index (Phi) is 4.05. The van der Waals surface area contributed by atoms with E-state index in [1.54, 1.807) is 4.90 Å². The molecule has 1 aromatic carbocycles. The van der Waals surface area contributed by atoms with Gasteiger partial charge in [0.1, 0.15) is 6.10 Å². The fourth-order valence-electron chi connectivity index (χ4n) is 3.11. The fraction of sp³-hybridized carbons (Fsp3) is 0.278. The van der Waals surface area contributed by atoms with Crippen LogP contribution in [0.3, 0.4) is 0 Å². The Morgan fingerprint density at radius 2 is 2.12 bits per heavy atom. The van der Waals surface area contributed by atoms with Gasteiger partial charge in [-0.2, -0.15) is 0 Å². The van der Waals surface area contributed by atoms with Crippen LogP contribution in [0.5, 0.6) is 6.01 Å². The van der Waals surface area contributed by atoms with E-state index in [1.807, 2.05) is 30.5 Å². The minimum absolute atomic E-state index is 0.0656. The van der Waals surface area contributed by atoms with E-state index in [2.05, 4.69) is 15.0 Å². The molecule has 1 amide bonds. The quantitative estimate of drug-likeness (QED) is 0.791. The lowest BCUT2D eigenvalue weighted by molar-refractivity contribution is -0.129. The zero-order valence-corrected chi connectivity index (χ0v) is 13.5. The molecule has 7 heteroatoms. The largest absolute Gasteiger partial charge is 0.458 e. The highest BCUT2D eigenvalue weighted by Crippen LogP contribution is 2.21. The van der Waals surface area contributed by atoms with Crippen molar-refractivity contribution >= 4 is 16.8 Å². The number of rotatable bonds is 4. The normalized spacial score (nSPS) is 17.2. The van der Waals surface area contributed by atoms with Crippen molar-refractivity contribution in [2.24, 2.45) is 0 Å². The van der Waals surface area contributed by atoms with Crippen molar-refractivity contribution in [1.29, 1.82) is 0 Å². The molecule has 0 saturated carbocycles. The number of amides is 1. The summed E-state index contributed by atoms with van der Waals surface area (Å²) >= 11 is 0. The van der Waals surface area contributed by atoms with E-state index >= 15 is 0 Å². The molecule has 0 aliphatic carbocycles. The summed E-state index contributed by atoms with van der Waals surface area (Å²) in [4.78, 5) is 25.1. The van der Waals surface area contributed by atoms with Crippen molar-refractivity contribution in [1.82, 2.24) is 19.9 Å². The summed E-state index contributed by atoms with van der Waals surface area (Å²) in [5.74, 6) is -0.440. The molecule has 3 aromatic rings. The topological polar surface area (TPSA) is 71.1 Å². The van der Waals surface area contributed by atoms with Crippen LogP contribution >= 0.6 is 0 Å². The van der Waals surface area contributed by atoms with Crippen LogP contribution in [0.15, 0.2) is 42.9 Å². The molecule has 1 atom stereocenters. The van der Waals surface area contributed by atoms with Crippen molar-refractivity contribution < 1.29 is 13.9 Å². The summed E-state index contributed by atoms with van der Waals surface area (Å²) in [6, 6.07) is 8.07. The van der Waals surface area contributed by atoms with E-state index in [4.69, 9.17) is 4.74 Å². The van der Waals surface area contributed by atoms with E-state index in [9.17, 15) is 9.18 Å². The Hall–Kier alpha value is -2.96. The van der Waals surface area contributed by atoms with Gasteiger partial charge in [-0.3, -0.25) is 4.79 Å². The maximum absolute atomic E-state index is 12.8. The Balaban J connectivity index is 1.38. The fourth-order valence-corrected chi connectivity index (χ4v) is 3.11. The monoisotopic (exact) mass is 340 g/mol. The minimum Gasteiger partial charge on any atom is -0.458 e. The number of para-hydroxylation sites is 1. The van der Waals surface area contributed by atoms with E-state index in [-0.39, 0.29) is 18.0 Å². The Labute approximate surface area is 143 Å². The van der Waals surface area contributed by atoms with Gasteiger partial charge in [0.2, 0.25) is 5.91 Å². The molecule has 0 spiro atoms. The number of halogens is 1. The van der Waals surface area contributed by atoms with Crippen LogP contribution in [0.25, 0.3) is 10.9 Å². The first kappa shape index (κ1) is 15.6. The van der Waals surface area contributed by atoms with Crippen LogP contribution in [0, 0.1) is 5.82 Å². The number of aromatic amines is 1. The molecule has 3 heterocycles. The lowest BCUT2D eigenvalue weighted by Gasteiger charge is -2.16. The number of aromatic nitrogens is 3. The maximum Gasteiger partial charge on any atom is 0.316 e. The first-order valence-corrected chi connectivity index (χ1v) is 8.16. The molecule has 4 rings (SSSR count). The molecule has 0 radical (unpaired) electrons. The first-order chi connectivity index (χ1) is 12.2. The standard InChI is InChI=1S/C18H17FN4O2/c19-13-9-21-18(22-10-13)25-14-5-6-23(11-14)17(24)7-12-8-20-16-4-2-1-3-15(12)16/h1-4,8-10,14,20H,5-7,11H2/t14-/m0/s1. The van der Waals surface area contributed by atoms with Crippen molar-refractivity contribution in [3.8, 4) is 6.01 Å². The van der Waals surface area contributed by atoms with Gasteiger partial charge in [0.15, 0.2) is 5.82 Å². The molecule has 0 bridgehead atoms. The zero-order valence-electron chi connectivity index (χ0n) is 13.5. The van der Waals surface area contributed by atoms with Crippen molar-refractivity contribution in [2.45, 2.75) is 18.9 Å². The van der Waals surface area contributed by atoms with E-state index in [0.29, 0.717) is 25.9 Å². The summed E-state index contributed by atoms with van der Waals surface area (Å²) in [6.45, 7) is 1.12. The molecule has 1 N–H and O–H groups in total. The average Bonchev–Trinajstić information content (AvgIpc) is 3.25. The van der Waals surface area contributed by atoms with Gasteiger partial charge in [0.05, 0.1) is 25.4 Å². The lowest BCUT2D eigenvalue weighted by atomic mass is 10.1. The molecule has 6 nitrogen and oxygen atoms in total. The number of benzene rings is 1. The highest BCUT2D eigenvalue weighted by atomic mass is 19.1. The van der Waals surface area contributed by atoms with Crippen LogP contribution in [-0.4, -0.2) is 45.0 Å². The van der Waals surface area contributed by atoms with Crippen LogP contribution in [0.1, 0.15) is 12.0 Å². The number of carbonyl (C=O) groups is 1. The summed E-state index contributed by atoms with van der Waals surface area (Å²) in [6.07, 6.45) is 4.91. The molecule has 1 aliphatic rings. The lowest BCUT2D eigenvalue weighted by Crippen LogP contribution is -2.32. The summed E-state index contributed by atoms with van der Waals surface area (Å²) in [5, 5.41) is 1.07. The van der Waals surface area contributed by atoms with Crippen LogP contribution < -0.4 is 4.74 Å². The van der Waals surface area contributed by atoms with Gasteiger partial charge in [0, 0.05) is 30.1 Å². The second-order valence-corrected chi connectivity index (χ2v) is 6.09. The summed E-state index contributed by atoms with van der Waals surface area (Å²) < 4.78 is 18.5. The Morgan fingerprint density at radius 1 is 1.32 bits per heavy atom. The number of hydrogen-bond acceptors (Lipinski definition) is 4. The number of ether oxygens (including phenoxy) is 1. The molecule has 2 aromatic heterocycles. The molecule has 1 fully saturated rings. The third-order valence-electron chi connectivity index (χ3n) is 4.38. The van der Waals surface area contributed by atoms with E-state index in [1.165, 1.54) is 0 Å². The van der Waals surface area contributed by atoms with Crippen LogP contribution in [-0.2, 0) is 11.2 Å². The van der Waals surface area contributed by atoms with Crippen molar-refractivity contribution in [3.05, 3.63) is 54.2 Å². The van der Waals surface area contributed by atoms with Gasteiger partial charge in [0.25, 0.3) is 0 Å². The van der Waals surface area contributed by atoms with Crippen molar-refractivity contribution in [2.75, 3.05) is 13.1 Å². The molecular formula is C18H17FN4O2. The smallest absolute Gasteiger partial charge is 0.316 e. The maximum atomic E-state index is 12.8. The highest BCUT2D eigenvalue weighted by Gasteiger charge is 2.28. The number of hydrogen-bond donors (Lipinski definition) is 1. The number of carbonyl (C=O) groups excluding carboxylic acids is 1. The van der Waals surface area contributed by atoms with Gasteiger partial charge >= 0.3 is 6.01 Å². The molecule has 1 aliphatic heterocycles. The number of likely N-dealkylation sites (tertiary alicyclic amines) is 1. The average molecular weight is 340 g/mol. The van der Waals surface area contributed by atoms with Crippen LogP contribution in [0.4, 0.5) is 4.39 Å². The van der Waals surface area contributed by atoms with E-state index < -0.39 is 5.82 Å². The van der Waals surface area contributed by atoms with Gasteiger partial charge in [-0.15, -0.1) is 0 Å². The number of nitrogens with one attached hydrogen (secondary N) is 1.